The number of para-hydroxylation sites is 2. The molecule has 2 aromatic carbocycles. The standard InChI is InChI=1S/C22H21FN2O4/c23-17-8-5-16(6-9-17)7-10-21(26)25-15-20(22(27)24-11-13-28-14-12-24)29-19-4-2-1-3-18(19)25/h1-10,20H,11-15H2/b10-7+/t20-/m0/s1. The average molecular weight is 396 g/mol. The number of carbonyl (C=O) groups is 2. The molecule has 2 aromatic rings. The van der Waals surface area contributed by atoms with Crippen molar-refractivity contribution in [3.8, 4) is 5.75 Å². The third kappa shape index (κ3) is 4.30. The van der Waals surface area contributed by atoms with Crippen LogP contribution in [0.1, 0.15) is 5.56 Å². The molecule has 0 bridgehead atoms. The second-order valence-corrected chi connectivity index (χ2v) is 6.85. The van der Waals surface area contributed by atoms with Crippen molar-refractivity contribution in [3.63, 3.8) is 0 Å². The van der Waals surface area contributed by atoms with E-state index in [1.165, 1.54) is 18.2 Å². The van der Waals surface area contributed by atoms with Crippen LogP contribution in [0.2, 0.25) is 0 Å². The highest BCUT2D eigenvalue weighted by atomic mass is 19.1. The Labute approximate surface area is 168 Å². The molecule has 2 aliphatic heterocycles. The van der Waals surface area contributed by atoms with Gasteiger partial charge in [-0.15, -0.1) is 0 Å². The maximum absolute atomic E-state index is 13.1. The topological polar surface area (TPSA) is 59.1 Å². The molecule has 0 unspecified atom stereocenters. The van der Waals surface area contributed by atoms with Crippen molar-refractivity contribution in [3.05, 3.63) is 66.0 Å². The maximum atomic E-state index is 13.1. The number of hydrogen-bond acceptors (Lipinski definition) is 4. The molecule has 1 atom stereocenters. The monoisotopic (exact) mass is 396 g/mol. The second kappa shape index (κ2) is 8.45. The summed E-state index contributed by atoms with van der Waals surface area (Å²) in [6.45, 7) is 2.15. The van der Waals surface area contributed by atoms with Crippen LogP contribution in [0.3, 0.4) is 0 Å². The van der Waals surface area contributed by atoms with Gasteiger partial charge in [0.15, 0.2) is 6.10 Å². The molecule has 0 saturated carbocycles. The molecule has 0 aliphatic carbocycles. The summed E-state index contributed by atoms with van der Waals surface area (Å²) in [5, 5.41) is 0. The van der Waals surface area contributed by atoms with Crippen LogP contribution in [0.25, 0.3) is 6.08 Å². The van der Waals surface area contributed by atoms with Crippen LogP contribution in [0.15, 0.2) is 54.6 Å². The lowest BCUT2D eigenvalue weighted by molar-refractivity contribution is -0.142. The van der Waals surface area contributed by atoms with Gasteiger partial charge in [-0.2, -0.15) is 0 Å². The molecule has 7 heteroatoms. The van der Waals surface area contributed by atoms with Gasteiger partial charge in [-0.05, 0) is 35.9 Å². The Hall–Kier alpha value is -3.19. The van der Waals surface area contributed by atoms with Gasteiger partial charge >= 0.3 is 0 Å². The number of halogens is 1. The van der Waals surface area contributed by atoms with Crippen molar-refractivity contribution in [2.24, 2.45) is 0 Å². The molecular weight excluding hydrogens is 375 g/mol. The van der Waals surface area contributed by atoms with E-state index in [0.29, 0.717) is 43.3 Å². The first-order valence-electron chi connectivity index (χ1n) is 9.49. The van der Waals surface area contributed by atoms with Gasteiger partial charge in [0.25, 0.3) is 11.8 Å². The first kappa shape index (κ1) is 19.1. The Morgan fingerprint density at radius 1 is 1.03 bits per heavy atom. The zero-order valence-electron chi connectivity index (χ0n) is 15.8. The van der Waals surface area contributed by atoms with E-state index >= 15 is 0 Å². The molecule has 0 N–H and O–H groups in total. The summed E-state index contributed by atoms with van der Waals surface area (Å²) in [5.41, 5.74) is 1.33. The number of morpholine rings is 1. The van der Waals surface area contributed by atoms with Gasteiger partial charge in [-0.3, -0.25) is 9.59 Å². The number of rotatable bonds is 3. The van der Waals surface area contributed by atoms with E-state index in [1.807, 2.05) is 6.07 Å². The van der Waals surface area contributed by atoms with E-state index in [-0.39, 0.29) is 24.2 Å². The van der Waals surface area contributed by atoms with Crippen LogP contribution in [0, 0.1) is 5.82 Å². The van der Waals surface area contributed by atoms with Crippen LogP contribution >= 0.6 is 0 Å². The van der Waals surface area contributed by atoms with Gasteiger partial charge in [0.05, 0.1) is 25.4 Å². The summed E-state index contributed by atoms with van der Waals surface area (Å²) in [6, 6.07) is 13.0. The summed E-state index contributed by atoms with van der Waals surface area (Å²) < 4.78 is 24.3. The first-order valence-corrected chi connectivity index (χ1v) is 9.49. The quantitative estimate of drug-likeness (QED) is 0.748. The fourth-order valence-corrected chi connectivity index (χ4v) is 3.39. The van der Waals surface area contributed by atoms with Crippen molar-refractivity contribution >= 4 is 23.6 Å². The Morgan fingerprint density at radius 3 is 2.52 bits per heavy atom. The fraction of sp³-hybridized carbons (Fsp3) is 0.273. The minimum absolute atomic E-state index is 0.125. The van der Waals surface area contributed by atoms with E-state index in [0.717, 1.165) is 0 Å². The summed E-state index contributed by atoms with van der Waals surface area (Å²) in [5.74, 6) is -0.262. The lowest BCUT2D eigenvalue weighted by atomic mass is 10.1. The van der Waals surface area contributed by atoms with Gasteiger partial charge < -0.3 is 19.3 Å². The summed E-state index contributed by atoms with van der Waals surface area (Å²) in [7, 11) is 0. The van der Waals surface area contributed by atoms with Crippen molar-refractivity contribution in [1.82, 2.24) is 4.90 Å². The highest BCUT2D eigenvalue weighted by Crippen LogP contribution is 2.33. The van der Waals surface area contributed by atoms with Gasteiger partial charge in [0, 0.05) is 19.2 Å². The molecule has 150 valence electrons. The number of fused-ring (bicyclic) bond motifs is 1. The molecule has 2 amide bonds. The van der Waals surface area contributed by atoms with E-state index in [9.17, 15) is 14.0 Å². The van der Waals surface area contributed by atoms with E-state index in [1.54, 1.807) is 46.2 Å². The Kier molecular flexibility index (Phi) is 5.57. The number of ether oxygens (including phenoxy) is 2. The Balaban J connectivity index is 1.55. The predicted molar refractivity (Wildman–Crippen MR) is 106 cm³/mol. The van der Waals surface area contributed by atoms with E-state index < -0.39 is 6.10 Å². The summed E-state index contributed by atoms with van der Waals surface area (Å²) in [6.07, 6.45) is 2.27. The van der Waals surface area contributed by atoms with Gasteiger partial charge in [-0.1, -0.05) is 24.3 Å². The molecule has 0 spiro atoms. The average Bonchev–Trinajstić information content (AvgIpc) is 2.78. The number of carbonyl (C=O) groups excluding carboxylic acids is 2. The fourth-order valence-electron chi connectivity index (χ4n) is 3.39. The molecule has 2 heterocycles. The molecule has 1 fully saturated rings. The lowest BCUT2D eigenvalue weighted by Crippen LogP contribution is -2.53. The summed E-state index contributed by atoms with van der Waals surface area (Å²) in [4.78, 5) is 29.1. The number of benzene rings is 2. The van der Waals surface area contributed by atoms with Crippen molar-refractivity contribution in [2.45, 2.75) is 6.10 Å². The highest BCUT2D eigenvalue weighted by molar-refractivity contribution is 6.05. The molecule has 4 rings (SSSR count). The summed E-state index contributed by atoms with van der Waals surface area (Å²) >= 11 is 0. The van der Waals surface area contributed by atoms with Crippen LogP contribution < -0.4 is 9.64 Å². The van der Waals surface area contributed by atoms with E-state index in [2.05, 4.69) is 0 Å². The third-order valence-electron chi connectivity index (χ3n) is 4.93. The SMILES string of the molecule is O=C([C@@H]1CN(C(=O)/C=C/c2ccc(F)cc2)c2ccccc2O1)N1CCOCC1. The second-order valence-electron chi connectivity index (χ2n) is 6.85. The molecule has 2 aliphatic rings. The minimum Gasteiger partial charge on any atom is -0.476 e. The Bertz CT molecular complexity index is 923. The lowest BCUT2D eigenvalue weighted by Gasteiger charge is -2.37. The number of nitrogens with zero attached hydrogens (tertiary/aromatic N) is 2. The maximum Gasteiger partial charge on any atom is 0.265 e. The number of amides is 2. The molecule has 0 radical (unpaired) electrons. The van der Waals surface area contributed by atoms with Crippen LogP contribution in [0.4, 0.5) is 10.1 Å². The highest BCUT2D eigenvalue weighted by Gasteiger charge is 2.35. The largest absolute Gasteiger partial charge is 0.476 e. The van der Waals surface area contributed by atoms with Gasteiger partial charge in [0.2, 0.25) is 0 Å². The zero-order valence-corrected chi connectivity index (χ0v) is 15.8. The van der Waals surface area contributed by atoms with Crippen molar-refractivity contribution in [1.29, 1.82) is 0 Å². The molecule has 6 nitrogen and oxygen atoms in total. The number of anilines is 1. The molecular formula is C22H21FN2O4. The smallest absolute Gasteiger partial charge is 0.265 e. The normalized spacial score (nSPS) is 19.0. The zero-order chi connectivity index (χ0) is 20.2. The van der Waals surface area contributed by atoms with Crippen LogP contribution in [-0.2, 0) is 14.3 Å². The minimum atomic E-state index is -0.772. The first-order chi connectivity index (χ1) is 14.1. The molecule has 29 heavy (non-hydrogen) atoms. The van der Waals surface area contributed by atoms with Crippen LogP contribution in [0.5, 0.6) is 5.75 Å². The van der Waals surface area contributed by atoms with E-state index in [4.69, 9.17) is 9.47 Å². The van der Waals surface area contributed by atoms with Crippen molar-refractivity contribution in [2.75, 3.05) is 37.7 Å². The number of hydrogen-bond donors (Lipinski definition) is 0. The molecule has 0 aromatic heterocycles. The Morgan fingerprint density at radius 2 is 1.76 bits per heavy atom. The van der Waals surface area contributed by atoms with Crippen molar-refractivity contribution < 1.29 is 23.5 Å². The third-order valence-corrected chi connectivity index (χ3v) is 4.93. The predicted octanol–water partition coefficient (Wildman–Crippen LogP) is 2.49. The molecule has 1 saturated heterocycles. The van der Waals surface area contributed by atoms with Crippen LogP contribution in [-0.4, -0.2) is 55.7 Å². The van der Waals surface area contributed by atoms with Gasteiger partial charge in [0.1, 0.15) is 11.6 Å². The van der Waals surface area contributed by atoms with Gasteiger partial charge in [-0.25, -0.2) is 4.39 Å².